The van der Waals surface area contributed by atoms with Gasteiger partial charge in [-0.25, -0.2) is 0 Å². The summed E-state index contributed by atoms with van der Waals surface area (Å²) in [5, 5.41) is 5.56. The number of anilines is 2. The minimum atomic E-state index is -4.54. The van der Waals surface area contributed by atoms with Crippen molar-refractivity contribution in [3.8, 4) is 0 Å². The van der Waals surface area contributed by atoms with E-state index in [0.717, 1.165) is 23.3 Å². The van der Waals surface area contributed by atoms with E-state index in [-0.39, 0.29) is 35.8 Å². The zero-order valence-corrected chi connectivity index (χ0v) is 19.4. The molecule has 4 rings (SSSR count). The van der Waals surface area contributed by atoms with E-state index in [1.54, 1.807) is 24.3 Å². The normalized spacial score (nSPS) is 15.6. The number of halogens is 3. The van der Waals surface area contributed by atoms with Crippen LogP contribution < -0.4 is 15.5 Å². The van der Waals surface area contributed by atoms with Gasteiger partial charge in [0, 0.05) is 25.2 Å². The predicted molar refractivity (Wildman–Crippen MR) is 129 cm³/mol. The molecule has 0 aliphatic carbocycles. The number of para-hydroxylation sites is 1. The number of nitrogens with zero attached hydrogens (tertiary/aromatic N) is 1. The van der Waals surface area contributed by atoms with E-state index in [2.05, 4.69) is 10.6 Å². The van der Waals surface area contributed by atoms with Gasteiger partial charge in [-0.15, -0.1) is 0 Å². The maximum Gasteiger partial charge on any atom is 0.416 e. The largest absolute Gasteiger partial charge is 0.416 e. The molecule has 0 unspecified atom stereocenters. The summed E-state index contributed by atoms with van der Waals surface area (Å²) in [6.45, 7) is 2.20. The van der Waals surface area contributed by atoms with Gasteiger partial charge in [-0.1, -0.05) is 42.5 Å². The van der Waals surface area contributed by atoms with Gasteiger partial charge >= 0.3 is 6.18 Å². The zero-order chi connectivity index (χ0) is 25.9. The number of aryl methyl sites for hydroxylation is 1. The summed E-state index contributed by atoms with van der Waals surface area (Å²) in [5.74, 6) is -2.09. The van der Waals surface area contributed by atoms with E-state index in [1.165, 1.54) is 17.0 Å². The molecule has 0 spiro atoms. The zero-order valence-electron chi connectivity index (χ0n) is 19.4. The topological polar surface area (TPSA) is 78.5 Å². The Labute approximate surface area is 206 Å². The number of alkyl halides is 3. The molecule has 1 atom stereocenters. The molecular weight excluding hydrogens is 471 g/mol. The molecule has 3 aromatic carbocycles. The smallest absolute Gasteiger partial charge is 0.348 e. The minimum absolute atomic E-state index is 0.0619. The van der Waals surface area contributed by atoms with Crippen molar-refractivity contribution >= 4 is 29.1 Å². The highest BCUT2D eigenvalue weighted by molar-refractivity contribution is 6.07. The molecule has 1 saturated heterocycles. The minimum Gasteiger partial charge on any atom is -0.348 e. The van der Waals surface area contributed by atoms with Crippen LogP contribution in [0.1, 0.15) is 33.5 Å². The number of carbonyl (C=O) groups excluding carboxylic acids is 3. The van der Waals surface area contributed by atoms with E-state index in [9.17, 15) is 27.6 Å². The first kappa shape index (κ1) is 25.0. The van der Waals surface area contributed by atoms with Gasteiger partial charge in [0.2, 0.25) is 11.8 Å². The molecule has 9 heteroatoms. The third-order valence-electron chi connectivity index (χ3n) is 6.11. The first-order valence-corrected chi connectivity index (χ1v) is 11.3. The molecule has 186 valence electrons. The van der Waals surface area contributed by atoms with Crippen molar-refractivity contribution in [2.75, 3.05) is 16.8 Å². The van der Waals surface area contributed by atoms with E-state index >= 15 is 0 Å². The fraction of sp³-hybridized carbons (Fsp3) is 0.222. The molecule has 2 N–H and O–H groups in total. The van der Waals surface area contributed by atoms with Gasteiger partial charge in [-0.3, -0.25) is 14.4 Å². The van der Waals surface area contributed by atoms with Crippen LogP contribution in [0.3, 0.4) is 0 Å². The summed E-state index contributed by atoms with van der Waals surface area (Å²) in [6.07, 6.45) is -4.69. The van der Waals surface area contributed by atoms with Gasteiger partial charge in [-0.05, 0) is 48.4 Å². The number of carbonyl (C=O) groups is 3. The lowest BCUT2D eigenvalue weighted by Gasteiger charge is -2.18. The molecule has 0 radical (unpaired) electrons. The van der Waals surface area contributed by atoms with Crippen LogP contribution >= 0.6 is 0 Å². The molecule has 36 heavy (non-hydrogen) atoms. The molecule has 1 heterocycles. The average Bonchev–Trinajstić information content (AvgIpc) is 3.25. The maximum absolute atomic E-state index is 13.1. The van der Waals surface area contributed by atoms with Crippen molar-refractivity contribution in [2.45, 2.75) is 26.1 Å². The Bertz CT molecular complexity index is 1310. The van der Waals surface area contributed by atoms with Gasteiger partial charge in [0.1, 0.15) is 0 Å². The summed E-state index contributed by atoms with van der Waals surface area (Å²) >= 11 is 0. The average molecular weight is 496 g/mol. The van der Waals surface area contributed by atoms with Gasteiger partial charge < -0.3 is 15.5 Å². The van der Waals surface area contributed by atoms with Crippen molar-refractivity contribution in [1.29, 1.82) is 0 Å². The molecule has 0 saturated carbocycles. The fourth-order valence-corrected chi connectivity index (χ4v) is 4.09. The van der Waals surface area contributed by atoms with Crippen LogP contribution in [-0.4, -0.2) is 24.3 Å². The highest BCUT2D eigenvalue weighted by atomic mass is 19.4. The molecular formula is C27H24F3N3O3. The number of nitrogens with one attached hydrogen (secondary N) is 2. The van der Waals surface area contributed by atoms with Crippen LogP contribution in [0.2, 0.25) is 0 Å². The number of hydrogen-bond donors (Lipinski definition) is 2. The number of amides is 3. The summed E-state index contributed by atoms with van der Waals surface area (Å²) in [7, 11) is 0. The van der Waals surface area contributed by atoms with E-state index in [4.69, 9.17) is 0 Å². The second-order valence-corrected chi connectivity index (χ2v) is 8.60. The summed E-state index contributed by atoms with van der Waals surface area (Å²) in [6, 6.07) is 18.6. The van der Waals surface area contributed by atoms with E-state index in [1.807, 2.05) is 31.2 Å². The van der Waals surface area contributed by atoms with Crippen molar-refractivity contribution in [3.05, 3.63) is 95.1 Å². The van der Waals surface area contributed by atoms with E-state index in [0.29, 0.717) is 6.54 Å². The quantitative estimate of drug-likeness (QED) is 0.509. The number of hydrogen-bond acceptors (Lipinski definition) is 3. The summed E-state index contributed by atoms with van der Waals surface area (Å²) < 4.78 is 39.2. The Hall–Kier alpha value is -4.14. The monoisotopic (exact) mass is 495 g/mol. The van der Waals surface area contributed by atoms with Gasteiger partial charge in [0.15, 0.2) is 0 Å². The highest BCUT2D eigenvalue weighted by Crippen LogP contribution is 2.33. The fourth-order valence-electron chi connectivity index (χ4n) is 4.09. The Morgan fingerprint density at radius 2 is 1.72 bits per heavy atom. The number of rotatable bonds is 6. The van der Waals surface area contributed by atoms with Gasteiger partial charge in [0.25, 0.3) is 5.91 Å². The second kappa shape index (κ2) is 10.2. The second-order valence-electron chi connectivity index (χ2n) is 8.60. The Morgan fingerprint density at radius 3 is 2.47 bits per heavy atom. The standard InChI is InChI=1S/C27H24F3N3O3/c1-17-7-2-3-8-18(17)15-31-26(36)22-11-4-5-12-23(22)32-25(35)19-13-24(34)33(16-19)21-10-6-9-20(14-21)27(28,29)30/h2-12,14,19H,13,15-16H2,1H3,(H,31,36)(H,32,35)/t19-/m0/s1. The van der Waals surface area contributed by atoms with Crippen LogP contribution in [0.4, 0.5) is 24.5 Å². The van der Waals surface area contributed by atoms with Gasteiger partial charge in [-0.2, -0.15) is 13.2 Å². The van der Waals surface area contributed by atoms with Crippen LogP contribution in [-0.2, 0) is 22.3 Å². The number of benzene rings is 3. The van der Waals surface area contributed by atoms with Crippen molar-refractivity contribution in [1.82, 2.24) is 5.32 Å². The predicted octanol–water partition coefficient (Wildman–Crippen LogP) is 4.94. The lowest BCUT2D eigenvalue weighted by atomic mass is 10.1. The van der Waals surface area contributed by atoms with Crippen LogP contribution in [0.15, 0.2) is 72.8 Å². The molecule has 3 aromatic rings. The van der Waals surface area contributed by atoms with E-state index < -0.39 is 29.5 Å². The van der Waals surface area contributed by atoms with Crippen molar-refractivity contribution < 1.29 is 27.6 Å². The molecule has 3 amide bonds. The van der Waals surface area contributed by atoms with Crippen molar-refractivity contribution in [2.24, 2.45) is 5.92 Å². The summed E-state index contributed by atoms with van der Waals surface area (Å²) in [4.78, 5) is 39.5. The van der Waals surface area contributed by atoms with Gasteiger partial charge in [0.05, 0.1) is 22.7 Å². The lowest BCUT2D eigenvalue weighted by molar-refractivity contribution is -0.137. The van der Waals surface area contributed by atoms with Crippen LogP contribution in [0.5, 0.6) is 0 Å². The highest BCUT2D eigenvalue weighted by Gasteiger charge is 2.37. The lowest BCUT2D eigenvalue weighted by Crippen LogP contribution is -2.29. The third-order valence-corrected chi connectivity index (χ3v) is 6.11. The Morgan fingerprint density at radius 1 is 1.00 bits per heavy atom. The molecule has 1 fully saturated rings. The van der Waals surface area contributed by atoms with Crippen LogP contribution in [0, 0.1) is 12.8 Å². The molecule has 0 bridgehead atoms. The third kappa shape index (κ3) is 5.56. The molecule has 6 nitrogen and oxygen atoms in total. The maximum atomic E-state index is 13.1. The molecule has 1 aliphatic heterocycles. The molecule has 1 aliphatic rings. The van der Waals surface area contributed by atoms with Crippen LogP contribution in [0.25, 0.3) is 0 Å². The Balaban J connectivity index is 1.44. The van der Waals surface area contributed by atoms with Crippen molar-refractivity contribution in [3.63, 3.8) is 0 Å². The SMILES string of the molecule is Cc1ccccc1CNC(=O)c1ccccc1NC(=O)[C@H]1CC(=O)N(c2cccc(C(F)(F)F)c2)C1. The first-order chi connectivity index (χ1) is 17.1. The first-order valence-electron chi connectivity index (χ1n) is 11.3. The Kier molecular flexibility index (Phi) is 7.10. The summed E-state index contributed by atoms with van der Waals surface area (Å²) in [5.41, 5.74) is 1.77. The molecule has 0 aromatic heterocycles.